The molecule has 0 radical (unpaired) electrons. The van der Waals surface area contributed by atoms with Gasteiger partial charge in [-0.15, -0.1) is 0 Å². The average molecular weight is 254 g/mol. The van der Waals surface area contributed by atoms with Crippen LogP contribution in [0.3, 0.4) is 0 Å². The summed E-state index contributed by atoms with van der Waals surface area (Å²) < 4.78 is 0.954. The summed E-state index contributed by atoms with van der Waals surface area (Å²) >= 11 is 3.43. The first-order valence-electron chi connectivity index (χ1n) is 4.44. The SMILES string of the molecule is CC(C)c1cc(O)c(CC#N)cc1Br. The molecule has 74 valence electrons. The van der Waals surface area contributed by atoms with Gasteiger partial charge in [-0.05, 0) is 23.6 Å². The summed E-state index contributed by atoms with van der Waals surface area (Å²) in [4.78, 5) is 0. The monoisotopic (exact) mass is 253 g/mol. The Morgan fingerprint density at radius 1 is 1.50 bits per heavy atom. The summed E-state index contributed by atoms with van der Waals surface area (Å²) in [7, 11) is 0. The van der Waals surface area contributed by atoms with Gasteiger partial charge in [-0.25, -0.2) is 0 Å². The standard InChI is InChI=1S/C11H12BrNO/c1-7(2)9-6-11(14)8(3-4-13)5-10(9)12/h5-7,14H,3H2,1-2H3. The second kappa shape index (κ2) is 4.47. The zero-order valence-corrected chi connectivity index (χ0v) is 9.80. The van der Waals surface area contributed by atoms with Crippen molar-refractivity contribution in [2.75, 3.05) is 0 Å². The van der Waals surface area contributed by atoms with Gasteiger partial charge in [0.05, 0.1) is 12.5 Å². The molecule has 0 unspecified atom stereocenters. The number of hydrogen-bond donors (Lipinski definition) is 1. The van der Waals surface area contributed by atoms with Crippen LogP contribution in [0, 0.1) is 11.3 Å². The Morgan fingerprint density at radius 3 is 2.64 bits per heavy atom. The Balaban J connectivity index is 3.18. The molecule has 0 saturated heterocycles. The lowest BCUT2D eigenvalue weighted by Gasteiger charge is -2.10. The third-order valence-corrected chi connectivity index (χ3v) is 2.78. The maximum Gasteiger partial charge on any atom is 0.120 e. The molecule has 0 spiro atoms. The van der Waals surface area contributed by atoms with Crippen LogP contribution in [0.1, 0.15) is 30.9 Å². The molecule has 2 nitrogen and oxygen atoms in total. The van der Waals surface area contributed by atoms with Crippen LogP contribution in [0.15, 0.2) is 16.6 Å². The van der Waals surface area contributed by atoms with Gasteiger partial charge < -0.3 is 5.11 Å². The summed E-state index contributed by atoms with van der Waals surface area (Å²) in [6.45, 7) is 4.12. The van der Waals surface area contributed by atoms with E-state index < -0.39 is 0 Å². The Labute approximate surface area is 92.3 Å². The van der Waals surface area contributed by atoms with Gasteiger partial charge in [0, 0.05) is 10.0 Å². The van der Waals surface area contributed by atoms with Crippen molar-refractivity contribution < 1.29 is 5.11 Å². The van der Waals surface area contributed by atoms with Crippen molar-refractivity contribution in [3.8, 4) is 11.8 Å². The van der Waals surface area contributed by atoms with Crippen molar-refractivity contribution in [3.63, 3.8) is 0 Å². The Kier molecular flexibility index (Phi) is 3.54. The van der Waals surface area contributed by atoms with Crippen LogP contribution in [-0.4, -0.2) is 5.11 Å². The summed E-state index contributed by atoms with van der Waals surface area (Å²) in [6, 6.07) is 5.56. The molecule has 14 heavy (non-hydrogen) atoms. The smallest absolute Gasteiger partial charge is 0.120 e. The van der Waals surface area contributed by atoms with E-state index in [4.69, 9.17) is 5.26 Å². The van der Waals surface area contributed by atoms with Gasteiger partial charge in [-0.3, -0.25) is 0 Å². The van der Waals surface area contributed by atoms with Crippen molar-refractivity contribution in [1.82, 2.24) is 0 Å². The topological polar surface area (TPSA) is 44.0 Å². The van der Waals surface area contributed by atoms with Crippen LogP contribution in [0.5, 0.6) is 5.75 Å². The summed E-state index contributed by atoms with van der Waals surface area (Å²) in [5, 5.41) is 18.2. The van der Waals surface area contributed by atoms with Gasteiger partial charge in [0.25, 0.3) is 0 Å². The zero-order chi connectivity index (χ0) is 10.7. The molecule has 0 atom stereocenters. The fourth-order valence-corrected chi connectivity index (χ4v) is 2.14. The lowest BCUT2D eigenvalue weighted by molar-refractivity contribution is 0.468. The molecular formula is C11H12BrNO. The van der Waals surface area contributed by atoms with Crippen molar-refractivity contribution in [3.05, 3.63) is 27.7 Å². The second-order valence-corrected chi connectivity index (χ2v) is 4.35. The molecule has 0 aliphatic rings. The fourth-order valence-electron chi connectivity index (χ4n) is 1.29. The second-order valence-electron chi connectivity index (χ2n) is 3.49. The molecule has 0 bridgehead atoms. The summed E-state index contributed by atoms with van der Waals surface area (Å²) in [5.74, 6) is 0.560. The maximum absolute atomic E-state index is 9.62. The minimum atomic E-state index is 0.207. The van der Waals surface area contributed by atoms with Gasteiger partial charge in [-0.2, -0.15) is 5.26 Å². The molecule has 0 heterocycles. The zero-order valence-electron chi connectivity index (χ0n) is 8.21. The summed E-state index contributed by atoms with van der Waals surface area (Å²) in [6.07, 6.45) is 0.239. The van der Waals surface area contributed by atoms with Crippen LogP contribution in [-0.2, 0) is 6.42 Å². The van der Waals surface area contributed by atoms with Crippen LogP contribution < -0.4 is 0 Å². The molecular weight excluding hydrogens is 242 g/mol. The number of nitriles is 1. The van der Waals surface area contributed by atoms with Gasteiger partial charge in [0.1, 0.15) is 5.75 Å². The highest BCUT2D eigenvalue weighted by molar-refractivity contribution is 9.10. The minimum absolute atomic E-state index is 0.207. The van der Waals surface area contributed by atoms with E-state index >= 15 is 0 Å². The predicted octanol–water partition coefficient (Wildman–Crippen LogP) is 3.34. The first kappa shape index (κ1) is 11.1. The van der Waals surface area contributed by atoms with Crippen molar-refractivity contribution >= 4 is 15.9 Å². The molecule has 0 amide bonds. The van der Waals surface area contributed by atoms with E-state index in [1.165, 1.54) is 0 Å². The third-order valence-electron chi connectivity index (χ3n) is 2.09. The molecule has 1 N–H and O–H groups in total. The number of hydrogen-bond acceptors (Lipinski definition) is 2. The fraction of sp³-hybridized carbons (Fsp3) is 0.364. The number of rotatable bonds is 2. The molecule has 0 aliphatic carbocycles. The number of phenolic OH excluding ortho intramolecular Hbond substituents is 1. The van der Waals surface area contributed by atoms with Crippen molar-refractivity contribution in [2.45, 2.75) is 26.2 Å². The highest BCUT2D eigenvalue weighted by atomic mass is 79.9. The number of nitrogens with zero attached hydrogens (tertiary/aromatic N) is 1. The van der Waals surface area contributed by atoms with Gasteiger partial charge in [0.15, 0.2) is 0 Å². The van der Waals surface area contributed by atoms with E-state index in [-0.39, 0.29) is 12.2 Å². The molecule has 0 aromatic heterocycles. The van der Waals surface area contributed by atoms with Crippen LogP contribution in [0.4, 0.5) is 0 Å². The van der Waals surface area contributed by atoms with Gasteiger partial charge in [-0.1, -0.05) is 29.8 Å². The number of phenols is 1. The highest BCUT2D eigenvalue weighted by Gasteiger charge is 2.09. The number of aromatic hydroxyl groups is 1. The molecule has 0 aliphatic heterocycles. The van der Waals surface area contributed by atoms with E-state index in [0.29, 0.717) is 11.5 Å². The van der Waals surface area contributed by atoms with Crippen LogP contribution in [0.2, 0.25) is 0 Å². The van der Waals surface area contributed by atoms with Crippen LogP contribution >= 0.6 is 15.9 Å². The molecule has 3 heteroatoms. The van der Waals surface area contributed by atoms with Gasteiger partial charge in [0.2, 0.25) is 0 Å². The van der Waals surface area contributed by atoms with E-state index in [9.17, 15) is 5.11 Å². The predicted molar refractivity (Wildman–Crippen MR) is 59.2 cm³/mol. The quantitative estimate of drug-likeness (QED) is 0.879. The molecule has 0 fully saturated rings. The molecule has 0 saturated carbocycles. The van der Waals surface area contributed by atoms with Gasteiger partial charge >= 0.3 is 0 Å². The minimum Gasteiger partial charge on any atom is -0.508 e. The van der Waals surface area contributed by atoms with E-state index in [1.54, 1.807) is 6.07 Å². The summed E-state index contributed by atoms with van der Waals surface area (Å²) in [5.41, 5.74) is 1.73. The molecule has 1 aromatic carbocycles. The normalized spacial score (nSPS) is 10.2. The Hall–Kier alpha value is -1.01. The number of halogens is 1. The van der Waals surface area contributed by atoms with Crippen molar-refractivity contribution in [1.29, 1.82) is 5.26 Å². The highest BCUT2D eigenvalue weighted by Crippen LogP contribution is 2.31. The van der Waals surface area contributed by atoms with E-state index in [2.05, 4.69) is 29.8 Å². The van der Waals surface area contributed by atoms with E-state index in [1.807, 2.05) is 12.1 Å². The Morgan fingerprint density at radius 2 is 2.14 bits per heavy atom. The molecule has 1 rings (SSSR count). The lowest BCUT2D eigenvalue weighted by Crippen LogP contribution is -1.92. The third kappa shape index (κ3) is 2.27. The number of benzene rings is 1. The lowest BCUT2D eigenvalue weighted by atomic mass is 10.00. The van der Waals surface area contributed by atoms with E-state index in [0.717, 1.165) is 10.0 Å². The average Bonchev–Trinajstić information content (AvgIpc) is 2.10. The van der Waals surface area contributed by atoms with Crippen molar-refractivity contribution in [2.24, 2.45) is 0 Å². The largest absolute Gasteiger partial charge is 0.508 e. The first-order chi connectivity index (χ1) is 6.56. The van der Waals surface area contributed by atoms with Crippen LogP contribution in [0.25, 0.3) is 0 Å². The maximum atomic E-state index is 9.62. The Bertz CT molecular complexity index is 380. The molecule has 1 aromatic rings. The first-order valence-corrected chi connectivity index (χ1v) is 5.23.